The standard InChI is InChI=1S/C22H19F2N3OS/c1-14(15-5-7-17(23)8-6-15)25-22(29)27-20-11-9-19(10-12-20)26-21(28)16-3-2-4-18(24)13-16/h2-14H,1H3,(H,26,28)(H2,25,27,29). The number of nitrogens with one attached hydrogen (secondary N) is 3. The van der Waals surface area contributed by atoms with Crippen LogP contribution in [0.3, 0.4) is 0 Å². The van der Waals surface area contributed by atoms with Gasteiger partial charge in [-0.25, -0.2) is 8.78 Å². The summed E-state index contributed by atoms with van der Waals surface area (Å²) in [5, 5.41) is 9.31. The van der Waals surface area contributed by atoms with E-state index in [-0.39, 0.29) is 17.4 Å². The highest BCUT2D eigenvalue weighted by atomic mass is 32.1. The first kappa shape index (κ1) is 20.4. The van der Waals surface area contributed by atoms with E-state index in [1.54, 1.807) is 42.5 Å². The van der Waals surface area contributed by atoms with Crippen LogP contribution in [-0.2, 0) is 0 Å². The molecular formula is C22H19F2N3OS. The van der Waals surface area contributed by atoms with Gasteiger partial charge in [0.1, 0.15) is 11.6 Å². The molecule has 0 spiro atoms. The van der Waals surface area contributed by atoms with Crippen molar-refractivity contribution >= 4 is 34.6 Å². The summed E-state index contributed by atoms with van der Waals surface area (Å²) in [5.41, 5.74) is 2.46. The molecule has 0 aliphatic rings. The average molecular weight is 411 g/mol. The molecule has 148 valence electrons. The molecule has 0 heterocycles. The van der Waals surface area contributed by atoms with Crippen molar-refractivity contribution in [3.63, 3.8) is 0 Å². The largest absolute Gasteiger partial charge is 0.356 e. The van der Waals surface area contributed by atoms with E-state index in [0.717, 1.165) is 11.3 Å². The van der Waals surface area contributed by atoms with Crippen LogP contribution in [-0.4, -0.2) is 11.0 Å². The minimum Gasteiger partial charge on any atom is -0.356 e. The normalized spacial score (nSPS) is 11.4. The van der Waals surface area contributed by atoms with E-state index in [0.29, 0.717) is 10.8 Å². The van der Waals surface area contributed by atoms with Crippen molar-refractivity contribution in [3.05, 3.63) is 95.6 Å². The molecule has 0 aliphatic heterocycles. The highest BCUT2D eigenvalue weighted by Gasteiger charge is 2.09. The summed E-state index contributed by atoms with van der Waals surface area (Å²) in [6.45, 7) is 1.92. The van der Waals surface area contributed by atoms with Gasteiger partial charge in [-0.3, -0.25) is 4.79 Å². The Morgan fingerprint density at radius 1 is 0.862 bits per heavy atom. The summed E-state index contributed by atoms with van der Waals surface area (Å²) in [6, 6.07) is 18.5. The Hall–Kier alpha value is -3.32. The van der Waals surface area contributed by atoms with E-state index in [1.165, 1.54) is 30.3 Å². The third-order valence-corrected chi connectivity index (χ3v) is 4.42. The zero-order valence-corrected chi connectivity index (χ0v) is 16.4. The van der Waals surface area contributed by atoms with Gasteiger partial charge in [-0.15, -0.1) is 0 Å². The molecule has 0 aliphatic carbocycles. The van der Waals surface area contributed by atoms with Crippen LogP contribution < -0.4 is 16.0 Å². The lowest BCUT2D eigenvalue weighted by molar-refractivity contribution is 0.102. The van der Waals surface area contributed by atoms with Crippen LogP contribution in [0.4, 0.5) is 20.2 Å². The van der Waals surface area contributed by atoms with Crippen molar-refractivity contribution in [2.75, 3.05) is 10.6 Å². The molecule has 4 nitrogen and oxygen atoms in total. The Bertz CT molecular complexity index is 1010. The number of rotatable bonds is 5. The van der Waals surface area contributed by atoms with Crippen LogP contribution in [0, 0.1) is 11.6 Å². The van der Waals surface area contributed by atoms with E-state index in [2.05, 4.69) is 16.0 Å². The maximum absolute atomic E-state index is 13.2. The molecule has 0 bridgehead atoms. The Balaban J connectivity index is 1.55. The second-order valence-electron chi connectivity index (χ2n) is 6.41. The first-order valence-electron chi connectivity index (χ1n) is 8.91. The second kappa shape index (κ2) is 9.25. The molecule has 29 heavy (non-hydrogen) atoms. The Morgan fingerprint density at radius 3 is 2.10 bits per heavy atom. The van der Waals surface area contributed by atoms with E-state index in [1.807, 2.05) is 6.92 Å². The van der Waals surface area contributed by atoms with Crippen LogP contribution in [0.25, 0.3) is 0 Å². The minimum atomic E-state index is -0.465. The minimum absolute atomic E-state index is 0.0968. The SMILES string of the molecule is CC(NC(=S)Nc1ccc(NC(=O)c2cccc(F)c2)cc1)c1ccc(F)cc1. The molecular weight excluding hydrogens is 392 g/mol. The van der Waals surface area contributed by atoms with E-state index < -0.39 is 11.7 Å². The molecule has 0 saturated heterocycles. The summed E-state index contributed by atoms with van der Waals surface area (Å²) in [6.07, 6.45) is 0. The molecule has 3 rings (SSSR count). The third kappa shape index (κ3) is 5.83. The zero-order chi connectivity index (χ0) is 20.8. The van der Waals surface area contributed by atoms with Gasteiger partial charge in [0.15, 0.2) is 5.11 Å². The van der Waals surface area contributed by atoms with Gasteiger partial charge in [0, 0.05) is 16.9 Å². The van der Waals surface area contributed by atoms with Crippen molar-refractivity contribution in [3.8, 4) is 0 Å². The van der Waals surface area contributed by atoms with Gasteiger partial charge in [-0.05, 0) is 79.3 Å². The molecule has 7 heteroatoms. The lowest BCUT2D eigenvalue weighted by atomic mass is 10.1. The maximum Gasteiger partial charge on any atom is 0.255 e. The maximum atomic E-state index is 13.2. The number of benzene rings is 3. The van der Waals surface area contributed by atoms with Gasteiger partial charge in [0.25, 0.3) is 5.91 Å². The van der Waals surface area contributed by atoms with Gasteiger partial charge >= 0.3 is 0 Å². The fraction of sp³-hybridized carbons (Fsp3) is 0.0909. The fourth-order valence-electron chi connectivity index (χ4n) is 2.67. The van der Waals surface area contributed by atoms with Crippen molar-refractivity contribution in [1.29, 1.82) is 0 Å². The van der Waals surface area contributed by atoms with Crippen molar-refractivity contribution < 1.29 is 13.6 Å². The highest BCUT2D eigenvalue weighted by Crippen LogP contribution is 2.16. The number of halogens is 2. The summed E-state index contributed by atoms with van der Waals surface area (Å²) in [7, 11) is 0. The smallest absolute Gasteiger partial charge is 0.255 e. The number of hydrogen-bond donors (Lipinski definition) is 3. The van der Waals surface area contributed by atoms with E-state index in [9.17, 15) is 13.6 Å². The molecule has 0 aromatic heterocycles. The lowest BCUT2D eigenvalue weighted by Gasteiger charge is -2.17. The number of anilines is 2. The second-order valence-corrected chi connectivity index (χ2v) is 6.82. The third-order valence-electron chi connectivity index (χ3n) is 4.21. The van der Waals surface area contributed by atoms with Crippen LogP contribution >= 0.6 is 12.2 Å². The Morgan fingerprint density at radius 2 is 1.48 bits per heavy atom. The van der Waals surface area contributed by atoms with Crippen molar-refractivity contribution in [2.45, 2.75) is 13.0 Å². The molecule has 0 saturated carbocycles. The Kier molecular flexibility index (Phi) is 6.51. The zero-order valence-electron chi connectivity index (χ0n) is 15.6. The summed E-state index contributed by atoms with van der Waals surface area (Å²) >= 11 is 5.32. The number of carbonyl (C=O) groups excluding carboxylic acids is 1. The Labute approximate surface area is 173 Å². The highest BCUT2D eigenvalue weighted by molar-refractivity contribution is 7.80. The summed E-state index contributed by atoms with van der Waals surface area (Å²) in [4.78, 5) is 12.2. The molecule has 1 unspecified atom stereocenters. The van der Waals surface area contributed by atoms with Gasteiger partial charge in [0.2, 0.25) is 0 Å². The molecule has 3 aromatic carbocycles. The monoisotopic (exact) mass is 411 g/mol. The van der Waals surface area contributed by atoms with Gasteiger partial charge < -0.3 is 16.0 Å². The number of amides is 1. The summed E-state index contributed by atoms with van der Waals surface area (Å²) in [5.74, 6) is -1.14. The van der Waals surface area contributed by atoms with E-state index >= 15 is 0 Å². The molecule has 3 aromatic rings. The quantitative estimate of drug-likeness (QED) is 0.501. The molecule has 0 fully saturated rings. The molecule has 1 amide bonds. The number of thiocarbonyl (C=S) groups is 1. The first-order valence-corrected chi connectivity index (χ1v) is 9.31. The predicted octanol–water partition coefficient (Wildman–Crippen LogP) is 5.26. The van der Waals surface area contributed by atoms with Crippen LogP contribution in [0.15, 0.2) is 72.8 Å². The van der Waals surface area contributed by atoms with Gasteiger partial charge in [0.05, 0.1) is 6.04 Å². The van der Waals surface area contributed by atoms with Crippen LogP contribution in [0.5, 0.6) is 0 Å². The number of carbonyl (C=O) groups is 1. The lowest BCUT2D eigenvalue weighted by Crippen LogP contribution is -2.30. The molecule has 3 N–H and O–H groups in total. The fourth-order valence-corrected chi connectivity index (χ4v) is 2.96. The van der Waals surface area contributed by atoms with Gasteiger partial charge in [-0.1, -0.05) is 18.2 Å². The number of hydrogen-bond acceptors (Lipinski definition) is 2. The van der Waals surface area contributed by atoms with Gasteiger partial charge in [-0.2, -0.15) is 0 Å². The average Bonchev–Trinajstić information content (AvgIpc) is 2.70. The topological polar surface area (TPSA) is 53.2 Å². The first-order chi connectivity index (χ1) is 13.9. The summed E-state index contributed by atoms with van der Waals surface area (Å²) < 4.78 is 26.3. The van der Waals surface area contributed by atoms with Crippen molar-refractivity contribution in [2.24, 2.45) is 0 Å². The molecule has 0 radical (unpaired) electrons. The molecule has 1 atom stereocenters. The van der Waals surface area contributed by atoms with Crippen molar-refractivity contribution in [1.82, 2.24) is 5.32 Å². The van der Waals surface area contributed by atoms with Crippen LogP contribution in [0.2, 0.25) is 0 Å². The van der Waals surface area contributed by atoms with Crippen LogP contribution in [0.1, 0.15) is 28.9 Å². The van der Waals surface area contributed by atoms with E-state index in [4.69, 9.17) is 12.2 Å². The predicted molar refractivity (Wildman–Crippen MR) is 115 cm³/mol.